The minimum Gasteiger partial charge on any atom is -0.383 e. The lowest BCUT2D eigenvalue weighted by atomic mass is 10.2. The molecule has 0 saturated carbocycles. The zero-order chi connectivity index (χ0) is 24.1. The number of thiophene rings is 1. The third-order valence-corrected chi connectivity index (χ3v) is 5.93. The highest BCUT2D eigenvalue weighted by Crippen LogP contribution is 2.10. The van der Waals surface area contributed by atoms with Gasteiger partial charge in [-0.15, -0.1) is 11.3 Å². The first-order chi connectivity index (χ1) is 16.5. The Morgan fingerprint density at radius 1 is 1.06 bits per heavy atom. The smallest absolute Gasteiger partial charge is 0.333 e. The van der Waals surface area contributed by atoms with Crippen LogP contribution in [0.1, 0.15) is 15.2 Å². The predicted molar refractivity (Wildman–Crippen MR) is 126 cm³/mol. The number of rotatable bonds is 8. The Hall–Kier alpha value is -4.03. The number of aromatic nitrogens is 4. The molecule has 0 fully saturated rings. The van der Waals surface area contributed by atoms with Gasteiger partial charge in [0.1, 0.15) is 6.54 Å². The number of carbonyl (C=O) groups is 2. The minimum atomic E-state index is -0.724. The van der Waals surface area contributed by atoms with E-state index in [0.29, 0.717) is 18.0 Å². The van der Waals surface area contributed by atoms with Crippen molar-refractivity contribution in [1.82, 2.24) is 29.5 Å². The van der Waals surface area contributed by atoms with Gasteiger partial charge in [0.15, 0.2) is 11.2 Å². The van der Waals surface area contributed by atoms with E-state index in [1.807, 2.05) is 30.3 Å². The molecule has 0 spiro atoms. The Labute approximate surface area is 197 Å². The number of amides is 2. The van der Waals surface area contributed by atoms with E-state index in [1.54, 1.807) is 22.1 Å². The summed E-state index contributed by atoms with van der Waals surface area (Å²) in [5.74, 6) is -1.22. The molecule has 12 heteroatoms. The number of ether oxygens (including phenoxy) is 1. The van der Waals surface area contributed by atoms with Crippen LogP contribution in [-0.2, 0) is 29.2 Å². The van der Waals surface area contributed by atoms with Crippen molar-refractivity contribution >= 4 is 34.3 Å². The highest BCUT2D eigenvalue weighted by Gasteiger charge is 2.20. The molecule has 0 saturated heterocycles. The summed E-state index contributed by atoms with van der Waals surface area (Å²) in [4.78, 5) is 55.8. The molecule has 176 valence electrons. The van der Waals surface area contributed by atoms with Crippen LogP contribution in [0.5, 0.6) is 0 Å². The molecule has 0 aliphatic rings. The number of fused-ring (bicyclic) bond motifs is 1. The van der Waals surface area contributed by atoms with Gasteiger partial charge in [0, 0.05) is 13.7 Å². The SMILES string of the molecule is COCCn1cnc2c1c(=O)n(CC(=O)NNC(=O)c1cccs1)c(=O)n2Cc1ccccc1. The van der Waals surface area contributed by atoms with Crippen LogP contribution in [-0.4, -0.2) is 44.2 Å². The zero-order valence-electron chi connectivity index (χ0n) is 18.3. The van der Waals surface area contributed by atoms with E-state index < -0.39 is 29.6 Å². The van der Waals surface area contributed by atoms with Crippen molar-refractivity contribution in [2.45, 2.75) is 19.6 Å². The van der Waals surface area contributed by atoms with Gasteiger partial charge in [0.2, 0.25) is 0 Å². The van der Waals surface area contributed by atoms with Crippen molar-refractivity contribution in [3.63, 3.8) is 0 Å². The van der Waals surface area contributed by atoms with Gasteiger partial charge in [0.25, 0.3) is 17.4 Å². The van der Waals surface area contributed by atoms with Crippen LogP contribution in [0.25, 0.3) is 11.2 Å². The molecule has 0 atom stereocenters. The first-order valence-corrected chi connectivity index (χ1v) is 11.2. The lowest BCUT2D eigenvalue weighted by Crippen LogP contribution is -2.48. The average molecular weight is 483 g/mol. The third kappa shape index (κ3) is 4.82. The summed E-state index contributed by atoms with van der Waals surface area (Å²) in [5.41, 5.74) is 4.43. The topological polar surface area (TPSA) is 129 Å². The fraction of sp³-hybridized carbons (Fsp3) is 0.227. The fourth-order valence-electron chi connectivity index (χ4n) is 3.42. The number of nitrogens with one attached hydrogen (secondary N) is 2. The molecular weight excluding hydrogens is 460 g/mol. The molecule has 2 N–H and O–H groups in total. The number of hydrazine groups is 1. The minimum absolute atomic E-state index is 0.161. The molecule has 3 heterocycles. The van der Waals surface area contributed by atoms with E-state index in [9.17, 15) is 19.2 Å². The molecule has 3 aromatic heterocycles. The molecule has 4 aromatic rings. The van der Waals surface area contributed by atoms with Gasteiger partial charge in [0.05, 0.1) is 24.4 Å². The van der Waals surface area contributed by atoms with Gasteiger partial charge in [-0.2, -0.15) is 0 Å². The summed E-state index contributed by atoms with van der Waals surface area (Å²) in [6.07, 6.45) is 1.47. The number of nitrogens with zero attached hydrogens (tertiary/aromatic N) is 4. The van der Waals surface area contributed by atoms with Crippen LogP contribution >= 0.6 is 11.3 Å². The normalized spacial score (nSPS) is 11.0. The Bertz CT molecular complexity index is 1420. The van der Waals surface area contributed by atoms with Gasteiger partial charge in [-0.3, -0.25) is 29.8 Å². The summed E-state index contributed by atoms with van der Waals surface area (Å²) in [6, 6.07) is 12.6. The molecule has 34 heavy (non-hydrogen) atoms. The Balaban J connectivity index is 1.68. The Morgan fingerprint density at radius 2 is 1.85 bits per heavy atom. The van der Waals surface area contributed by atoms with E-state index in [0.717, 1.165) is 10.1 Å². The van der Waals surface area contributed by atoms with Gasteiger partial charge in [-0.25, -0.2) is 14.3 Å². The summed E-state index contributed by atoms with van der Waals surface area (Å²) >= 11 is 1.21. The van der Waals surface area contributed by atoms with Crippen molar-refractivity contribution in [3.05, 3.63) is 85.5 Å². The third-order valence-electron chi connectivity index (χ3n) is 5.07. The van der Waals surface area contributed by atoms with Crippen LogP contribution in [0.15, 0.2) is 63.8 Å². The standard InChI is InChI=1S/C22H22N6O5S/c1-33-10-9-26-14-23-19-18(26)21(31)28(22(32)27(19)12-15-6-3-2-4-7-15)13-17(29)24-25-20(30)16-8-5-11-34-16/h2-8,11,14H,9-10,12-13H2,1H3,(H,24,29)(H,25,30). The van der Waals surface area contributed by atoms with Crippen molar-refractivity contribution in [1.29, 1.82) is 0 Å². The van der Waals surface area contributed by atoms with Crippen LogP contribution in [0.2, 0.25) is 0 Å². The Morgan fingerprint density at radius 3 is 2.56 bits per heavy atom. The highest BCUT2D eigenvalue weighted by molar-refractivity contribution is 7.12. The van der Waals surface area contributed by atoms with Crippen molar-refractivity contribution in [2.24, 2.45) is 0 Å². The monoisotopic (exact) mass is 482 g/mol. The maximum Gasteiger partial charge on any atom is 0.333 e. The van der Waals surface area contributed by atoms with Crippen molar-refractivity contribution in [3.8, 4) is 0 Å². The van der Waals surface area contributed by atoms with Crippen molar-refractivity contribution in [2.75, 3.05) is 13.7 Å². The molecule has 0 unspecified atom stereocenters. The van der Waals surface area contributed by atoms with Crippen LogP contribution in [0.4, 0.5) is 0 Å². The summed E-state index contributed by atoms with van der Waals surface area (Å²) < 4.78 is 8.89. The van der Waals surface area contributed by atoms with E-state index in [-0.39, 0.29) is 17.7 Å². The molecule has 0 aliphatic carbocycles. The molecule has 0 aliphatic heterocycles. The number of benzene rings is 1. The quantitative estimate of drug-likeness (QED) is 0.354. The van der Waals surface area contributed by atoms with Crippen LogP contribution in [0.3, 0.4) is 0 Å². The number of carbonyl (C=O) groups excluding carboxylic acids is 2. The number of imidazole rings is 1. The molecular formula is C22H22N6O5S. The van der Waals surface area contributed by atoms with Crippen LogP contribution < -0.4 is 22.1 Å². The van der Waals surface area contributed by atoms with Gasteiger partial charge >= 0.3 is 5.69 Å². The first-order valence-electron chi connectivity index (χ1n) is 10.3. The van der Waals surface area contributed by atoms with E-state index in [2.05, 4.69) is 15.8 Å². The average Bonchev–Trinajstić information content (AvgIpc) is 3.53. The number of methoxy groups -OCH3 is 1. The van der Waals surface area contributed by atoms with Crippen LogP contribution in [0, 0.1) is 0 Å². The highest BCUT2D eigenvalue weighted by atomic mass is 32.1. The molecule has 0 radical (unpaired) electrons. The molecule has 2 amide bonds. The second-order valence-corrected chi connectivity index (χ2v) is 8.28. The summed E-state index contributed by atoms with van der Waals surface area (Å²) in [7, 11) is 1.54. The summed E-state index contributed by atoms with van der Waals surface area (Å²) in [6.45, 7) is 0.254. The van der Waals surface area contributed by atoms with E-state index in [1.165, 1.54) is 29.3 Å². The molecule has 0 bridgehead atoms. The summed E-state index contributed by atoms with van der Waals surface area (Å²) in [5, 5.41) is 1.73. The molecule has 1 aromatic carbocycles. The first kappa shape index (κ1) is 23.1. The number of hydrogen-bond acceptors (Lipinski definition) is 7. The second kappa shape index (κ2) is 10.3. The van der Waals surface area contributed by atoms with E-state index in [4.69, 9.17) is 4.74 Å². The van der Waals surface area contributed by atoms with Gasteiger partial charge < -0.3 is 9.30 Å². The zero-order valence-corrected chi connectivity index (χ0v) is 19.1. The van der Waals surface area contributed by atoms with Crippen molar-refractivity contribution < 1.29 is 14.3 Å². The lowest BCUT2D eigenvalue weighted by Gasteiger charge is -2.13. The maximum absolute atomic E-state index is 13.3. The van der Waals surface area contributed by atoms with E-state index >= 15 is 0 Å². The predicted octanol–water partition coefficient (Wildman–Crippen LogP) is 0.577. The van der Waals surface area contributed by atoms with Gasteiger partial charge in [-0.05, 0) is 17.0 Å². The largest absolute Gasteiger partial charge is 0.383 e. The fourth-order valence-corrected chi connectivity index (χ4v) is 4.04. The Kier molecular flexibility index (Phi) is 6.99. The lowest BCUT2D eigenvalue weighted by molar-refractivity contribution is -0.122. The molecule has 4 rings (SSSR count). The maximum atomic E-state index is 13.3. The molecule has 11 nitrogen and oxygen atoms in total. The second-order valence-electron chi connectivity index (χ2n) is 7.33. The number of hydrogen-bond donors (Lipinski definition) is 2. The van der Waals surface area contributed by atoms with Gasteiger partial charge in [-0.1, -0.05) is 36.4 Å².